The highest BCUT2D eigenvalue weighted by Crippen LogP contribution is 2.33. The molecule has 0 aliphatic carbocycles. The van der Waals surface area contributed by atoms with Crippen LogP contribution in [0.1, 0.15) is 30.3 Å². The quantitative estimate of drug-likeness (QED) is 0.288. The first-order valence-corrected chi connectivity index (χ1v) is 13.0. The van der Waals surface area contributed by atoms with Crippen molar-refractivity contribution in [3.05, 3.63) is 95.3 Å². The summed E-state index contributed by atoms with van der Waals surface area (Å²) in [7, 11) is 0. The van der Waals surface area contributed by atoms with Crippen LogP contribution in [0.25, 0.3) is 16.8 Å². The number of benzene rings is 2. The molecule has 4 aromatic rings. The van der Waals surface area contributed by atoms with Crippen molar-refractivity contribution in [3.63, 3.8) is 0 Å². The largest absolute Gasteiger partial charge is 0.480 e. The number of hydrogen-bond donors (Lipinski definition) is 0. The molecule has 1 aliphatic heterocycles. The Hall–Kier alpha value is -3.93. The van der Waals surface area contributed by atoms with E-state index in [4.69, 9.17) is 15.9 Å². The number of thiazole rings is 1. The van der Waals surface area contributed by atoms with Crippen molar-refractivity contribution in [2.75, 3.05) is 13.2 Å². The van der Waals surface area contributed by atoms with Gasteiger partial charge in [-0.3, -0.25) is 9.36 Å². The molecule has 3 heterocycles. The lowest BCUT2D eigenvalue weighted by Gasteiger charge is -2.23. The zero-order valence-corrected chi connectivity index (χ0v) is 21.3. The molecule has 180 valence electrons. The number of carbonyl (C=O) groups excluding carboxylic acids is 1. The van der Waals surface area contributed by atoms with Gasteiger partial charge in [0.25, 0.3) is 5.56 Å². The molecule has 0 fully saturated rings. The molecule has 2 aromatic heterocycles. The molecule has 6 nitrogen and oxygen atoms in total. The molecule has 0 spiro atoms. The maximum absolute atomic E-state index is 13.9. The van der Waals surface area contributed by atoms with Gasteiger partial charge >= 0.3 is 5.97 Å². The number of rotatable bonds is 6. The standard InChI is InChI=1S/C28H22N2O4S2/c1-4-14-34-21-13-12-18-9-6-7-10-19(18)20(21)16-23-26(31)30-25(22-11-8-15-35-22)24(27(32)33-5-2)17(3)29-28(30)36-23/h1,6-13,15-16,25H,5,14H2,2-3H3/b23-16-/t25-/m0/s1. The van der Waals surface area contributed by atoms with E-state index in [9.17, 15) is 9.59 Å². The van der Waals surface area contributed by atoms with Gasteiger partial charge in [-0.2, -0.15) is 0 Å². The van der Waals surface area contributed by atoms with Gasteiger partial charge < -0.3 is 9.47 Å². The van der Waals surface area contributed by atoms with E-state index in [2.05, 4.69) is 10.9 Å². The van der Waals surface area contributed by atoms with Crippen LogP contribution in [0.15, 0.2) is 75.0 Å². The van der Waals surface area contributed by atoms with Crippen molar-refractivity contribution in [1.82, 2.24) is 4.57 Å². The topological polar surface area (TPSA) is 69.9 Å². The fourth-order valence-electron chi connectivity index (χ4n) is 4.31. The molecule has 36 heavy (non-hydrogen) atoms. The van der Waals surface area contributed by atoms with Crippen LogP contribution < -0.4 is 19.6 Å². The molecule has 0 saturated heterocycles. The van der Waals surface area contributed by atoms with Crippen LogP contribution >= 0.6 is 22.7 Å². The summed E-state index contributed by atoms with van der Waals surface area (Å²) < 4.78 is 13.2. The van der Waals surface area contributed by atoms with Crippen molar-refractivity contribution in [3.8, 4) is 18.1 Å². The Kier molecular flexibility index (Phi) is 6.59. The van der Waals surface area contributed by atoms with Gasteiger partial charge in [-0.15, -0.1) is 17.8 Å². The normalized spacial score (nSPS) is 15.4. The summed E-state index contributed by atoms with van der Waals surface area (Å²) in [6.07, 6.45) is 7.25. The summed E-state index contributed by atoms with van der Waals surface area (Å²) in [4.78, 5) is 32.8. The molecule has 0 amide bonds. The summed E-state index contributed by atoms with van der Waals surface area (Å²) in [6, 6.07) is 14.9. The van der Waals surface area contributed by atoms with Gasteiger partial charge in [0.2, 0.25) is 0 Å². The molecule has 0 unspecified atom stereocenters. The third-order valence-corrected chi connectivity index (χ3v) is 7.75. The van der Waals surface area contributed by atoms with Gasteiger partial charge in [0, 0.05) is 10.4 Å². The van der Waals surface area contributed by atoms with Crippen molar-refractivity contribution in [1.29, 1.82) is 0 Å². The van der Waals surface area contributed by atoms with Crippen molar-refractivity contribution >= 4 is 45.5 Å². The first-order valence-electron chi connectivity index (χ1n) is 11.3. The van der Waals surface area contributed by atoms with Gasteiger partial charge in [0.1, 0.15) is 18.4 Å². The van der Waals surface area contributed by atoms with Gasteiger partial charge in [-0.1, -0.05) is 53.7 Å². The van der Waals surface area contributed by atoms with Gasteiger partial charge in [-0.25, -0.2) is 9.79 Å². The summed E-state index contributed by atoms with van der Waals surface area (Å²) >= 11 is 2.76. The second-order valence-electron chi connectivity index (χ2n) is 8.01. The third kappa shape index (κ3) is 4.17. The Balaban J connectivity index is 1.76. The molecular formula is C28H22N2O4S2. The first-order chi connectivity index (χ1) is 17.5. The SMILES string of the molecule is C#CCOc1ccc2ccccc2c1/C=c1\sc2n(c1=O)[C@@H](c1cccs1)C(C(=O)OCC)=C(C)N=2. The summed E-state index contributed by atoms with van der Waals surface area (Å²) in [6.45, 7) is 3.88. The smallest absolute Gasteiger partial charge is 0.338 e. The predicted octanol–water partition coefficient (Wildman–Crippen LogP) is 4.03. The van der Waals surface area contributed by atoms with Crippen molar-refractivity contribution in [2.45, 2.75) is 19.9 Å². The van der Waals surface area contributed by atoms with Crippen LogP contribution in [-0.4, -0.2) is 23.8 Å². The Morgan fingerprint density at radius 3 is 2.81 bits per heavy atom. The fraction of sp³-hybridized carbons (Fsp3) is 0.179. The summed E-state index contributed by atoms with van der Waals surface area (Å²) in [5.74, 6) is 2.62. The lowest BCUT2D eigenvalue weighted by atomic mass is 10.0. The number of hydrogen-bond acceptors (Lipinski definition) is 7. The van der Waals surface area contributed by atoms with Crippen molar-refractivity contribution in [2.24, 2.45) is 4.99 Å². The van der Waals surface area contributed by atoms with E-state index >= 15 is 0 Å². The number of terminal acetylenes is 1. The zero-order valence-electron chi connectivity index (χ0n) is 19.7. The number of ether oxygens (including phenoxy) is 2. The lowest BCUT2D eigenvalue weighted by Crippen LogP contribution is -2.39. The number of allylic oxidation sites excluding steroid dienone is 1. The second-order valence-corrected chi connectivity index (χ2v) is 10.00. The molecule has 1 atom stereocenters. The number of fused-ring (bicyclic) bond motifs is 2. The van der Waals surface area contributed by atoms with E-state index in [0.29, 0.717) is 26.4 Å². The fourth-order valence-corrected chi connectivity index (χ4v) is 6.16. The second kappa shape index (κ2) is 9.97. The van der Waals surface area contributed by atoms with Crippen LogP contribution in [0.3, 0.4) is 0 Å². The minimum atomic E-state index is -0.605. The van der Waals surface area contributed by atoms with Crippen molar-refractivity contribution < 1.29 is 14.3 Å². The maximum Gasteiger partial charge on any atom is 0.338 e. The molecule has 1 aliphatic rings. The molecule has 0 saturated carbocycles. The van der Waals surface area contributed by atoms with E-state index in [1.54, 1.807) is 18.4 Å². The minimum absolute atomic E-state index is 0.112. The number of esters is 1. The van der Waals surface area contributed by atoms with E-state index in [-0.39, 0.29) is 18.8 Å². The average Bonchev–Trinajstić information content (AvgIpc) is 3.51. The monoisotopic (exact) mass is 514 g/mol. The molecule has 0 radical (unpaired) electrons. The average molecular weight is 515 g/mol. The Morgan fingerprint density at radius 1 is 1.22 bits per heavy atom. The van der Waals surface area contributed by atoms with Crippen LogP contribution in [0.4, 0.5) is 0 Å². The minimum Gasteiger partial charge on any atom is -0.480 e. The number of carbonyl (C=O) groups is 1. The van der Waals surface area contributed by atoms with Crippen LogP contribution in [0.5, 0.6) is 5.75 Å². The highest BCUT2D eigenvalue weighted by atomic mass is 32.1. The molecule has 5 rings (SSSR count). The van der Waals surface area contributed by atoms with Gasteiger partial charge in [0.05, 0.1) is 22.4 Å². The van der Waals surface area contributed by atoms with Crippen LogP contribution in [-0.2, 0) is 9.53 Å². The van der Waals surface area contributed by atoms with Gasteiger partial charge in [-0.05, 0) is 48.2 Å². The van der Waals surface area contributed by atoms with Gasteiger partial charge in [0.15, 0.2) is 4.80 Å². The highest BCUT2D eigenvalue weighted by molar-refractivity contribution is 7.10. The van der Waals surface area contributed by atoms with Crippen LogP contribution in [0.2, 0.25) is 0 Å². The molecule has 2 aromatic carbocycles. The summed E-state index contributed by atoms with van der Waals surface area (Å²) in [5.41, 5.74) is 1.45. The zero-order chi connectivity index (χ0) is 25.2. The third-order valence-electron chi connectivity index (χ3n) is 5.85. The number of aromatic nitrogens is 1. The number of nitrogens with zero attached hydrogens (tertiary/aromatic N) is 2. The molecule has 0 N–H and O–H groups in total. The molecule has 0 bridgehead atoms. The van der Waals surface area contributed by atoms with E-state index in [1.807, 2.05) is 60.0 Å². The summed E-state index contributed by atoms with van der Waals surface area (Å²) in [5, 5.41) is 3.88. The Labute approximate surface area is 215 Å². The van der Waals surface area contributed by atoms with E-state index in [0.717, 1.165) is 21.2 Å². The Morgan fingerprint density at radius 2 is 2.06 bits per heavy atom. The lowest BCUT2D eigenvalue weighted by molar-refractivity contribution is -0.139. The first kappa shape index (κ1) is 23.8. The molecule has 8 heteroatoms. The predicted molar refractivity (Wildman–Crippen MR) is 143 cm³/mol. The Bertz CT molecular complexity index is 1720. The van der Waals surface area contributed by atoms with E-state index < -0.39 is 12.0 Å². The number of thiophene rings is 1. The maximum atomic E-state index is 13.9. The van der Waals surface area contributed by atoms with E-state index in [1.165, 1.54) is 22.7 Å². The molecular weight excluding hydrogens is 492 g/mol. The van der Waals surface area contributed by atoms with Crippen LogP contribution in [0, 0.1) is 12.3 Å². The highest BCUT2D eigenvalue weighted by Gasteiger charge is 2.33.